The third-order valence-corrected chi connectivity index (χ3v) is 5.60. The lowest BCUT2D eigenvalue weighted by Gasteiger charge is -2.25. The van der Waals surface area contributed by atoms with Crippen molar-refractivity contribution >= 4 is 29.0 Å². The minimum absolute atomic E-state index is 0.0848. The summed E-state index contributed by atoms with van der Waals surface area (Å²) in [6, 6.07) is 12.0. The van der Waals surface area contributed by atoms with Crippen molar-refractivity contribution in [3.8, 4) is 0 Å². The molecule has 1 saturated heterocycles. The number of ether oxygens (including phenoxy) is 1. The molecule has 1 aliphatic rings. The highest BCUT2D eigenvalue weighted by Crippen LogP contribution is 2.20. The number of hydrogen-bond donors (Lipinski definition) is 0. The van der Waals surface area contributed by atoms with Crippen molar-refractivity contribution in [2.45, 2.75) is 30.4 Å². The van der Waals surface area contributed by atoms with Crippen LogP contribution < -0.4 is 0 Å². The van der Waals surface area contributed by atoms with E-state index in [0.29, 0.717) is 13.1 Å². The monoisotopic (exact) mass is 347 g/mol. The highest BCUT2D eigenvalue weighted by atomic mass is 32.2. The number of thiophene rings is 1. The second-order valence-electron chi connectivity index (χ2n) is 5.63. The molecule has 1 aliphatic heterocycles. The molecule has 0 saturated carbocycles. The first kappa shape index (κ1) is 16.6. The molecular weight excluding hydrogens is 326 g/mol. The lowest BCUT2D eigenvalue weighted by molar-refractivity contribution is 0.0509. The molecule has 2 heterocycles. The second-order valence-corrected chi connectivity index (χ2v) is 7.54. The largest absolute Gasteiger partial charge is 0.376 e. The first-order valence-electron chi connectivity index (χ1n) is 7.83. The Balaban J connectivity index is 1.75. The average Bonchev–Trinajstić information content (AvgIpc) is 3.27. The summed E-state index contributed by atoms with van der Waals surface area (Å²) >= 11 is 3.37. The number of rotatable bonds is 6. The molecule has 1 amide bonds. The molecule has 1 aromatic heterocycles. The lowest BCUT2D eigenvalue weighted by Crippen LogP contribution is -2.36. The van der Waals surface area contributed by atoms with E-state index in [1.165, 1.54) is 9.77 Å². The van der Waals surface area contributed by atoms with E-state index in [-0.39, 0.29) is 12.0 Å². The fraction of sp³-hybridized carbons (Fsp3) is 0.389. The number of carbonyl (C=O) groups is 1. The Bertz CT molecular complexity index is 619. The van der Waals surface area contributed by atoms with Crippen molar-refractivity contribution in [3.63, 3.8) is 0 Å². The molecule has 1 aromatic carbocycles. The third-order valence-electron chi connectivity index (χ3n) is 4.00. The third kappa shape index (κ3) is 4.37. The van der Waals surface area contributed by atoms with Crippen molar-refractivity contribution in [2.75, 3.05) is 19.4 Å². The van der Waals surface area contributed by atoms with Crippen molar-refractivity contribution < 1.29 is 9.53 Å². The molecule has 0 spiro atoms. The molecule has 3 rings (SSSR count). The molecule has 1 fully saturated rings. The Labute approximate surface area is 145 Å². The summed E-state index contributed by atoms with van der Waals surface area (Å²) < 4.78 is 5.73. The highest BCUT2D eigenvalue weighted by molar-refractivity contribution is 7.98. The maximum absolute atomic E-state index is 12.9. The fourth-order valence-corrected chi connectivity index (χ4v) is 3.89. The van der Waals surface area contributed by atoms with E-state index in [4.69, 9.17) is 4.74 Å². The van der Waals surface area contributed by atoms with Gasteiger partial charge < -0.3 is 9.64 Å². The number of amides is 1. The quantitative estimate of drug-likeness (QED) is 0.730. The zero-order valence-electron chi connectivity index (χ0n) is 13.2. The standard InChI is InChI=1S/C18H21NO2S2/c1-22-16-8-6-14(7-9-16)18(20)19(12-15-4-2-10-21-15)13-17-5-3-11-23-17/h3,5-9,11,15H,2,4,10,12-13H2,1H3. The summed E-state index contributed by atoms with van der Waals surface area (Å²) in [6.07, 6.45) is 4.34. The van der Waals surface area contributed by atoms with Gasteiger partial charge in [-0.3, -0.25) is 4.79 Å². The lowest BCUT2D eigenvalue weighted by atomic mass is 10.1. The average molecular weight is 348 g/mol. The van der Waals surface area contributed by atoms with E-state index >= 15 is 0 Å². The zero-order valence-corrected chi connectivity index (χ0v) is 14.9. The van der Waals surface area contributed by atoms with Crippen LogP contribution in [0.2, 0.25) is 0 Å². The normalized spacial score (nSPS) is 17.3. The van der Waals surface area contributed by atoms with Crippen LogP contribution in [0.3, 0.4) is 0 Å². The van der Waals surface area contributed by atoms with Crippen molar-refractivity contribution in [1.29, 1.82) is 0 Å². The fourth-order valence-electron chi connectivity index (χ4n) is 2.76. The molecule has 0 N–H and O–H groups in total. The Morgan fingerprint density at radius 2 is 2.17 bits per heavy atom. The number of carbonyl (C=O) groups excluding carboxylic acids is 1. The zero-order chi connectivity index (χ0) is 16.1. The van der Waals surface area contributed by atoms with E-state index in [1.54, 1.807) is 23.1 Å². The first-order valence-corrected chi connectivity index (χ1v) is 9.94. The van der Waals surface area contributed by atoms with Crippen LogP contribution in [-0.4, -0.2) is 36.3 Å². The smallest absolute Gasteiger partial charge is 0.254 e. The molecule has 5 heteroatoms. The summed E-state index contributed by atoms with van der Waals surface area (Å²) in [5, 5.41) is 2.05. The second kappa shape index (κ2) is 7.99. The topological polar surface area (TPSA) is 29.5 Å². The van der Waals surface area contributed by atoms with Gasteiger partial charge in [-0.1, -0.05) is 6.07 Å². The van der Waals surface area contributed by atoms with Crippen LogP contribution in [0, 0.1) is 0 Å². The number of nitrogens with zero attached hydrogens (tertiary/aromatic N) is 1. The Hall–Kier alpha value is -1.30. The predicted molar refractivity (Wildman–Crippen MR) is 96.3 cm³/mol. The predicted octanol–water partition coefficient (Wildman–Crippen LogP) is 4.29. The molecule has 1 unspecified atom stereocenters. The molecule has 0 bridgehead atoms. The molecule has 3 nitrogen and oxygen atoms in total. The van der Waals surface area contributed by atoms with Crippen LogP contribution in [-0.2, 0) is 11.3 Å². The summed E-state index contributed by atoms with van der Waals surface area (Å²) in [4.78, 5) is 17.2. The Kier molecular flexibility index (Phi) is 5.75. The van der Waals surface area contributed by atoms with Crippen molar-refractivity contribution in [2.24, 2.45) is 0 Å². The van der Waals surface area contributed by atoms with Gasteiger partial charge in [-0.05, 0) is 54.8 Å². The van der Waals surface area contributed by atoms with Crippen LogP contribution in [0.25, 0.3) is 0 Å². The SMILES string of the molecule is CSc1ccc(C(=O)N(Cc2cccs2)CC2CCCO2)cc1. The number of hydrogen-bond acceptors (Lipinski definition) is 4. The Morgan fingerprint density at radius 1 is 1.35 bits per heavy atom. The summed E-state index contributed by atoms with van der Waals surface area (Å²) in [5.41, 5.74) is 0.748. The van der Waals surface area contributed by atoms with E-state index in [2.05, 4.69) is 11.4 Å². The maximum Gasteiger partial charge on any atom is 0.254 e. The molecule has 0 radical (unpaired) electrons. The van der Waals surface area contributed by atoms with E-state index in [1.807, 2.05) is 41.5 Å². The Morgan fingerprint density at radius 3 is 2.78 bits per heavy atom. The first-order chi connectivity index (χ1) is 11.3. The van der Waals surface area contributed by atoms with Gasteiger partial charge >= 0.3 is 0 Å². The van der Waals surface area contributed by atoms with Crippen LogP contribution in [0.15, 0.2) is 46.7 Å². The van der Waals surface area contributed by atoms with Gasteiger partial charge in [-0.25, -0.2) is 0 Å². The van der Waals surface area contributed by atoms with Gasteiger partial charge in [0.25, 0.3) is 5.91 Å². The van der Waals surface area contributed by atoms with Gasteiger partial charge in [0, 0.05) is 28.5 Å². The van der Waals surface area contributed by atoms with Gasteiger partial charge in [0.1, 0.15) is 0 Å². The number of benzene rings is 1. The van der Waals surface area contributed by atoms with E-state index in [9.17, 15) is 4.79 Å². The van der Waals surface area contributed by atoms with Crippen molar-refractivity contribution in [1.82, 2.24) is 4.90 Å². The molecule has 23 heavy (non-hydrogen) atoms. The van der Waals surface area contributed by atoms with E-state index in [0.717, 1.165) is 25.0 Å². The molecule has 0 aliphatic carbocycles. The summed E-state index contributed by atoms with van der Waals surface area (Å²) in [6.45, 7) is 2.13. The molecule has 122 valence electrons. The van der Waals surface area contributed by atoms with Gasteiger partial charge in [0.15, 0.2) is 0 Å². The van der Waals surface area contributed by atoms with Gasteiger partial charge in [-0.15, -0.1) is 23.1 Å². The van der Waals surface area contributed by atoms with E-state index < -0.39 is 0 Å². The minimum atomic E-state index is 0.0848. The van der Waals surface area contributed by atoms with Crippen molar-refractivity contribution in [3.05, 3.63) is 52.2 Å². The molecular formula is C18H21NO2S2. The van der Waals surface area contributed by atoms with Crippen LogP contribution in [0.5, 0.6) is 0 Å². The minimum Gasteiger partial charge on any atom is -0.376 e. The van der Waals surface area contributed by atoms with Crippen LogP contribution in [0.4, 0.5) is 0 Å². The van der Waals surface area contributed by atoms with Gasteiger partial charge in [0.05, 0.1) is 12.6 Å². The van der Waals surface area contributed by atoms with Crippen LogP contribution in [0.1, 0.15) is 28.1 Å². The van der Waals surface area contributed by atoms with Crippen LogP contribution >= 0.6 is 23.1 Å². The highest BCUT2D eigenvalue weighted by Gasteiger charge is 2.23. The maximum atomic E-state index is 12.9. The van der Waals surface area contributed by atoms with Gasteiger partial charge in [-0.2, -0.15) is 0 Å². The molecule has 2 aromatic rings. The molecule has 1 atom stereocenters. The summed E-state index contributed by atoms with van der Waals surface area (Å²) in [7, 11) is 0. The van der Waals surface area contributed by atoms with Gasteiger partial charge in [0.2, 0.25) is 0 Å². The summed E-state index contributed by atoms with van der Waals surface area (Å²) in [5.74, 6) is 0.0848. The number of thioether (sulfide) groups is 1.